The van der Waals surface area contributed by atoms with Gasteiger partial charge in [0.1, 0.15) is 0 Å². The van der Waals surface area contributed by atoms with Gasteiger partial charge in [-0.1, -0.05) is 36.4 Å². The summed E-state index contributed by atoms with van der Waals surface area (Å²) in [5.41, 5.74) is 1.38. The van der Waals surface area contributed by atoms with Crippen LogP contribution in [0.2, 0.25) is 0 Å². The maximum absolute atomic E-state index is 5.41. The second-order valence-corrected chi connectivity index (χ2v) is 3.89. The number of hydrogen-bond acceptors (Lipinski definition) is 2. The van der Waals surface area contributed by atoms with E-state index in [-0.39, 0.29) is 0 Å². The van der Waals surface area contributed by atoms with Crippen molar-refractivity contribution in [1.29, 1.82) is 0 Å². The zero-order valence-corrected chi connectivity index (χ0v) is 8.93. The third kappa shape index (κ3) is 3.18. The standard InChI is InChI=1S/C13H17NO/c1-2-8-15-11-13-10-14(13)9-12-6-4-3-5-7-12/h2-7,13H,1,8-11H2. The van der Waals surface area contributed by atoms with Gasteiger partial charge in [0.2, 0.25) is 0 Å². The summed E-state index contributed by atoms with van der Waals surface area (Å²) in [6.07, 6.45) is 1.80. The monoisotopic (exact) mass is 203 g/mol. The van der Waals surface area contributed by atoms with Crippen LogP contribution in [-0.2, 0) is 11.3 Å². The van der Waals surface area contributed by atoms with Gasteiger partial charge in [-0.15, -0.1) is 6.58 Å². The summed E-state index contributed by atoms with van der Waals surface area (Å²) in [5, 5.41) is 0. The summed E-state index contributed by atoms with van der Waals surface area (Å²) in [6, 6.07) is 11.2. The van der Waals surface area contributed by atoms with Gasteiger partial charge >= 0.3 is 0 Å². The van der Waals surface area contributed by atoms with Crippen LogP contribution in [0, 0.1) is 0 Å². The molecule has 2 nitrogen and oxygen atoms in total. The number of benzene rings is 1. The van der Waals surface area contributed by atoms with Crippen molar-refractivity contribution in [3.63, 3.8) is 0 Å². The molecular formula is C13H17NO. The SMILES string of the molecule is C=CCOCC1CN1Cc1ccccc1. The molecule has 1 saturated heterocycles. The lowest BCUT2D eigenvalue weighted by Crippen LogP contribution is -2.08. The molecule has 0 aromatic heterocycles. The first kappa shape index (κ1) is 10.4. The van der Waals surface area contributed by atoms with Gasteiger partial charge in [-0.05, 0) is 5.56 Å². The molecule has 1 aromatic rings. The van der Waals surface area contributed by atoms with Crippen molar-refractivity contribution >= 4 is 0 Å². The van der Waals surface area contributed by atoms with Gasteiger partial charge in [0.05, 0.1) is 13.2 Å². The lowest BCUT2D eigenvalue weighted by atomic mass is 10.2. The summed E-state index contributed by atoms with van der Waals surface area (Å²) in [6.45, 7) is 7.32. The van der Waals surface area contributed by atoms with E-state index >= 15 is 0 Å². The van der Waals surface area contributed by atoms with E-state index < -0.39 is 0 Å². The van der Waals surface area contributed by atoms with Crippen LogP contribution < -0.4 is 0 Å². The molecule has 1 aromatic carbocycles. The van der Waals surface area contributed by atoms with E-state index in [0.29, 0.717) is 12.6 Å². The number of rotatable bonds is 6. The quantitative estimate of drug-likeness (QED) is 0.398. The molecule has 0 radical (unpaired) electrons. The van der Waals surface area contributed by atoms with Gasteiger partial charge in [0, 0.05) is 19.1 Å². The molecule has 0 spiro atoms. The molecule has 0 amide bonds. The van der Waals surface area contributed by atoms with E-state index in [1.54, 1.807) is 6.08 Å². The minimum absolute atomic E-state index is 0.616. The molecular weight excluding hydrogens is 186 g/mol. The predicted molar refractivity (Wildman–Crippen MR) is 61.7 cm³/mol. The molecule has 2 rings (SSSR count). The van der Waals surface area contributed by atoms with Crippen molar-refractivity contribution < 1.29 is 4.74 Å². The molecule has 15 heavy (non-hydrogen) atoms. The van der Waals surface area contributed by atoms with Gasteiger partial charge in [-0.25, -0.2) is 0 Å². The first-order chi connectivity index (χ1) is 7.40. The topological polar surface area (TPSA) is 12.2 Å². The lowest BCUT2D eigenvalue weighted by Gasteiger charge is -2.03. The van der Waals surface area contributed by atoms with E-state index in [0.717, 1.165) is 19.7 Å². The van der Waals surface area contributed by atoms with Crippen molar-refractivity contribution in [2.75, 3.05) is 19.8 Å². The largest absolute Gasteiger partial charge is 0.376 e. The van der Waals surface area contributed by atoms with E-state index in [1.165, 1.54) is 5.56 Å². The van der Waals surface area contributed by atoms with Crippen LogP contribution in [0.4, 0.5) is 0 Å². The van der Waals surface area contributed by atoms with Crippen molar-refractivity contribution in [2.45, 2.75) is 12.6 Å². The summed E-state index contributed by atoms with van der Waals surface area (Å²) in [4.78, 5) is 2.42. The van der Waals surface area contributed by atoms with Gasteiger partial charge < -0.3 is 4.74 Å². The highest BCUT2D eigenvalue weighted by Crippen LogP contribution is 2.20. The first-order valence-corrected chi connectivity index (χ1v) is 5.37. The maximum atomic E-state index is 5.41. The molecule has 0 aliphatic carbocycles. The molecule has 0 bridgehead atoms. The summed E-state index contributed by atoms with van der Waals surface area (Å²) >= 11 is 0. The highest BCUT2D eigenvalue weighted by atomic mass is 16.5. The fraction of sp³-hybridized carbons (Fsp3) is 0.385. The lowest BCUT2D eigenvalue weighted by molar-refractivity contribution is 0.153. The van der Waals surface area contributed by atoms with Crippen LogP contribution in [-0.4, -0.2) is 30.7 Å². The highest BCUT2D eigenvalue weighted by molar-refractivity contribution is 5.15. The Morgan fingerprint density at radius 1 is 1.40 bits per heavy atom. The van der Waals surface area contributed by atoms with Crippen molar-refractivity contribution in [1.82, 2.24) is 4.90 Å². The Labute approximate surface area is 91.2 Å². The van der Waals surface area contributed by atoms with Crippen LogP contribution in [0.15, 0.2) is 43.0 Å². The number of ether oxygens (including phenoxy) is 1. The zero-order chi connectivity index (χ0) is 10.5. The van der Waals surface area contributed by atoms with Crippen molar-refractivity contribution in [2.24, 2.45) is 0 Å². The van der Waals surface area contributed by atoms with E-state index in [1.807, 2.05) is 0 Å². The molecule has 2 heteroatoms. The summed E-state index contributed by atoms with van der Waals surface area (Å²) in [5.74, 6) is 0. The molecule has 2 unspecified atom stereocenters. The molecule has 1 aliphatic rings. The third-order valence-electron chi connectivity index (χ3n) is 2.60. The van der Waals surface area contributed by atoms with Crippen LogP contribution in [0.25, 0.3) is 0 Å². The molecule has 2 atom stereocenters. The Balaban J connectivity index is 1.69. The molecule has 80 valence electrons. The molecule has 1 fully saturated rings. The van der Waals surface area contributed by atoms with Crippen molar-refractivity contribution in [3.8, 4) is 0 Å². The Kier molecular flexibility index (Phi) is 3.54. The van der Waals surface area contributed by atoms with Gasteiger partial charge in [-0.2, -0.15) is 0 Å². The fourth-order valence-corrected chi connectivity index (χ4v) is 1.68. The van der Waals surface area contributed by atoms with Gasteiger partial charge in [-0.3, -0.25) is 4.90 Å². The average Bonchev–Trinajstić information content (AvgIpc) is 2.99. The molecule has 0 N–H and O–H groups in total. The second kappa shape index (κ2) is 5.10. The van der Waals surface area contributed by atoms with Crippen molar-refractivity contribution in [3.05, 3.63) is 48.6 Å². The van der Waals surface area contributed by atoms with Gasteiger partial charge in [0.25, 0.3) is 0 Å². The van der Waals surface area contributed by atoms with E-state index in [9.17, 15) is 0 Å². The normalized spacial score (nSPS) is 23.7. The fourth-order valence-electron chi connectivity index (χ4n) is 1.68. The predicted octanol–water partition coefficient (Wildman–Crippen LogP) is 2.07. The van der Waals surface area contributed by atoms with Crippen LogP contribution >= 0.6 is 0 Å². The number of hydrogen-bond donors (Lipinski definition) is 0. The first-order valence-electron chi connectivity index (χ1n) is 5.37. The summed E-state index contributed by atoms with van der Waals surface area (Å²) < 4.78 is 5.41. The van der Waals surface area contributed by atoms with E-state index in [4.69, 9.17) is 4.74 Å². The highest BCUT2D eigenvalue weighted by Gasteiger charge is 2.33. The third-order valence-corrected chi connectivity index (χ3v) is 2.60. The maximum Gasteiger partial charge on any atom is 0.0645 e. The summed E-state index contributed by atoms with van der Waals surface area (Å²) in [7, 11) is 0. The molecule has 1 heterocycles. The molecule has 0 saturated carbocycles. The van der Waals surface area contributed by atoms with Crippen LogP contribution in [0.5, 0.6) is 0 Å². The minimum atomic E-state index is 0.616. The minimum Gasteiger partial charge on any atom is -0.376 e. The Bertz CT molecular complexity index is 310. The Morgan fingerprint density at radius 3 is 2.93 bits per heavy atom. The molecule has 1 aliphatic heterocycles. The number of nitrogens with zero attached hydrogens (tertiary/aromatic N) is 1. The Hall–Kier alpha value is -1.12. The smallest absolute Gasteiger partial charge is 0.0645 e. The zero-order valence-electron chi connectivity index (χ0n) is 8.93. The van der Waals surface area contributed by atoms with Gasteiger partial charge in [0.15, 0.2) is 0 Å². The average molecular weight is 203 g/mol. The second-order valence-electron chi connectivity index (χ2n) is 3.89. The Morgan fingerprint density at radius 2 is 2.20 bits per heavy atom. The van der Waals surface area contributed by atoms with Crippen LogP contribution in [0.3, 0.4) is 0 Å². The van der Waals surface area contributed by atoms with E-state index in [2.05, 4.69) is 41.8 Å². The van der Waals surface area contributed by atoms with Crippen LogP contribution in [0.1, 0.15) is 5.56 Å².